The molecule has 2 rings (SSSR count). The average Bonchev–Trinajstić information content (AvgIpc) is 2.86. The Bertz CT molecular complexity index is 565. The molecule has 5 heteroatoms. The van der Waals surface area contributed by atoms with Crippen LogP contribution in [-0.4, -0.2) is 17.9 Å². The van der Waals surface area contributed by atoms with Crippen molar-refractivity contribution in [2.75, 3.05) is 11.9 Å². The molecule has 0 N–H and O–H groups in total. The Morgan fingerprint density at radius 1 is 1.37 bits per heavy atom. The van der Waals surface area contributed by atoms with Crippen LogP contribution in [-0.2, 0) is 17.1 Å². The molecule has 100 valence electrons. The summed E-state index contributed by atoms with van der Waals surface area (Å²) in [7, 11) is 1.78. The highest BCUT2D eigenvalue weighted by Crippen LogP contribution is 2.17. The van der Waals surface area contributed by atoms with Crippen molar-refractivity contribution in [3.05, 3.63) is 45.9 Å². The first-order chi connectivity index (χ1) is 9.10. The molecule has 1 aromatic heterocycles. The fraction of sp³-hybridized carbons (Fsp3) is 0.286. The Kier molecular flexibility index (Phi) is 4.56. The summed E-state index contributed by atoms with van der Waals surface area (Å²) in [5, 5.41) is 2.70. The number of likely N-dealkylation sites (N-methyl/N-ethyl adjacent to an activating group) is 1. The third-order valence-corrected chi connectivity index (χ3v) is 4.01. The van der Waals surface area contributed by atoms with Crippen LogP contribution >= 0.6 is 22.9 Å². The van der Waals surface area contributed by atoms with E-state index < -0.39 is 0 Å². The number of nitrogens with zero attached hydrogens (tertiary/aromatic N) is 2. The normalized spacial score (nSPS) is 10.5. The quantitative estimate of drug-likeness (QED) is 0.810. The Morgan fingerprint density at radius 2 is 2.05 bits per heavy atom. The first-order valence-electron chi connectivity index (χ1n) is 5.92. The van der Waals surface area contributed by atoms with Crippen LogP contribution in [0.2, 0.25) is 0 Å². The van der Waals surface area contributed by atoms with Crippen molar-refractivity contribution >= 4 is 34.5 Å². The number of anilines is 1. The van der Waals surface area contributed by atoms with Crippen LogP contribution in [0.5, 0.6) is 0 Å². The summed E-state index contributed by atoms with van der Waals surface area (Å²) in [6, 6.07) is 7.88. The Morgan fingerprint density at radius 3 is 2.63 bits per heavy atom. The number of hydrogen-bond donors (Lipinski definition) is 0. The zero-order valence-corrected chi connectivity index (χ0v) is 12.5. The van der Waals surface area contributed by atoms with Gasteiger partial charge < -0.3 is 4.90 Å². The van der Waals surface area contributed by atoms with Gasteiger partial charge in [0.15, 0.2) is 0 Å². The zero-order chi connectivity index (χ0) is 13.8. The summed E-state index contributed by atoms with van der Waals surface area (Å²) in [6.07, 6.45) is 0.311. The molecule has 3 nitrogen and oxygen atoms in total. The summed E-state index contributed by atoms with van der Waals surface area (Å²) in [5.41, 5.74) is 2.90. The maximum atomic E-state index is 12.2. The van der Waals surface area contributed by atoms with Crippen molar-refractivity contribution < 1.29 is 4.79 Å². The van der Waals surface area contributed by atoms with Gasteiger partial charge in [-0.1, -0.05) is 17.7 Å². The molecule has 1 amide bonds. The molecule has 19 heavy (non-hydrogen) atoms. The van der Waals surface area contributed by atoms with E-state index in [1.807, 2.05) is 36.6 Å². The van der Waals surface area contributed by atoms with E-state index in [1.54, 1.807) is 11.9 Å². The van der Waals surface area contributed by atoms with E-state index in [-0.39, 0.29) is 5.91 Å². The number of amides is 1. The fourth-order valence-corrected chi connectivity index (χ4v) is 2.67. The summed E-state index contributed by atoms with van der Waals surface area (Å²) in [5.74, 6) is 0.415. The molecule has 0 radical (unpaired) electrons. The second kappa shape index (κ2) is 6.17. The molecule has 1 heterocycles. The van der Waals surface area contributed by atoms with Gasteiger partial charge in [0.2, 0.25) is 5.91 Å². The van der Waals surface area contributed by atoms with Crippen LogP contribution < -0.4 is 4.90 Å². The van der Waals surface area contributed by atoms with Crippen molar-refractivity contribution in [1.82, 2.24) is 4.98 Å². The van der Waals surface area contributed by atoms with E-state index in [1.165, 1.54) is 16.9 Å². The van der Waals surface area contributed by atoms with Crippen LogP contribution in [0.15, 0.2) is 29.6 Å². The number of benzene rings is 1. The molecular weight excluding hydrogens is 280 g/mol. The number of hydrogen-bond acceptors (Lipinski definition) is 3. The highest BCUT2D eigenvalue weighted by Gasteiger charge is 2.13. The van der Waals surface area contributed by atoms with Gasteiger partial charge in [-0.05, 0) is 19.1 Å². The van der Waals surface area contributed by atoms with E-state index in [0.29, 0.717) is 12.3 Å². The third-order valence-electron chi connectivity index (χ3n) is 2.83. The topological polar surface area (TPSA) is 33.2 Å². The number of aryl methyl sites for hydroxylation is 1. The number of rotatable bonds is 4. The number of aromatic nitrogens is 1. The molecule has 0 unspecified atom stereocenters. The van der Waals surface area contributed by atoms with Gasteiger partial charge in [0.1, 0.15) is 5.01 Å². The molecule has 0 saturated heterocycles. The lowest BCUT2D eigenvalue weighted by Crippen LogP contribution is -2.27. The number of alkyl halides is 1. The molecule has 0 saturated carbocycles. The smallest absolute Gasteiger partial charge is 0.233 e. The van der Waals surface area contributed by atoms with Crippen LogP contribution in [0.3, 0.4) is 0 Å². The molecule has 0 aliphatic heterocycles. The van der Waals surface area contributed by atoms with Gasteiger partial charge in [0.05, 0.1) is 18.0 Å². The van der Waals surface area contributed by atoms with Crippen LogP contribution in [0, 0.1) is 6.92 Å². The van der Waals surface area contributed by atoms with Gasteiger partial charge in [0.25, 0.3) is 0 Å². The minimum absolute atomic E-state index is 0.0272. The van der Waals surface area contributed by atoms with E-state index in [9.17, 15) is 4.79 Å². The maximum absolute atomic E-state index is 12.2. The summed E-state index contributed by atoms with van der Waals surface area (Å²) < 4.78 is 0. The third kappa shape index (κ3) is 3.55. The molecule has 0 fully saturated rings. The Labute approximate surface area is 121 Å². The minimum Gasteiger partial charge on any atom is -0.315 e. The van der Waals surface area contributed by atoms with E-state index in [2.05, 4.69) is 4.98 Å². The van der Waals surface area contributed by atoms with Crippen molar-refractivity contribution in [3.63, 3.8) is 0 Å². The predicted octanol–water partition coefficient (Wildman–Crippen LogP) is 3.40. The van der Waals surface area contributed by atoms with Crippen molar-refractivity contribution in [2.45, 2.75) is 19.2 Å². The lowest BCUT2D eigenvalue weighted by atomic mass is 10.2. The lowest BCUT2D eigenvalue weighted by Gasteiger charge is -2.16. The van der Waals surface area contributed by atoms with E-state index >= 15 is 0 Å². The number of halogens is 1. The fourth-order valence-electron chi connectivity index (χ4n) is 1.65. The summed E-state index contributed by atoms with van der Waals surface area (Å²) >= 11 is 7.17. The highest BCUT2D eigenvalue weighted by molar-refractivity contribution is 7.09. The van der Waals surface area contributed by atoms with Gasteiger partial charge >= 0.3 is 0 Å². The molecule has 0 atom stereocenters. The number of carbonyl (C=O) groups excluding carboxylic acids is 1. The number of carbonyl (C=O) groups is 1. The molecule has 0 aliphatic rings. The van der Waals surface area contributed by atoms with E-state index in [4.69, 9.17) is 11.6 Å². The van der Waals surface area contributed by atoms with Crippen LogP contribution in [0.4, 0.5) is 5.69 Å². The van der Waals surface area contributed by atoms with Gasteiger partial charge in [-0.3, -0.25) is 4.79 Å². The molecule has 0 bridgehead atoms. The SMILES string of the molecule is Cc1ccc(N(C)C(=O)Cc2nc(CCl)cs2)cc1. The van der Waals surface area contributed by atoms with Gasteiger partial charge in [-0.2, -0.15) is 0 Å². The lowest BCUT2D eigenvalue weighted by molar-refractivity contribution is -0.117. The molecule has 0 aliphatic carbocycles. The second-order valence-corrected chi connectivity index (χ2v) is 5.54. The number of thiazole rings is 1. The largest absolute Gasteiger partial charge is 0.315 e. The Hall–Kier alpha value is -1.39. The minimum atomic E-state index is 0.0272. The summed E-state index contributed by atoms with van der Waals surface area (Å²) in [4.78, 5) is 18.1. The predicted molar refractivity (Wildman–Crippen MR) is 80.0 cm³/mol. The first-order valence-corrected chi connectivity index (χ1v) is 7.34. The second-order valence-electron chi connectivity index (χ2n) is 4.33. The van der Waals surface area contributed by atoms with Crippen molar-refractivity contribution in [3.8, 4) is 0 Å². The van der Waals surface area contributed by atoms with E-state index in [0.717, 1.165) is 16.4 Å². The Balaban J connectivity index is 2.04. The van der Waals surface area contributed by atoms with Crippen LogP contribution in [0.25, 0.3) is 0 Å². The average molecular weight is 295 g/mol. The summed E-state index contributed by atoms with van der Waals surface area (Å²) in [6.45, 7) is 2.02. The van der Waals surface area contributed by atoms with Crippen molar-refractivity contribution in [2.24, 2.45) is 0 Å². The van der Waals surface area contributed by atoms with Gasteiger partial charge in [0, 0.05) is 18.1 Å². The molecule has 0 spiro atoms. The zero-order valence-electron chi connectivity index (χ0n) is 10.9. The monoisotopic (exact) mass is 294 g/mol. The molecular formula is C14H15ClN2OS. The standard InChI is InChI=1S/C14H15ClN2OS/c1-10-3-5-12(6-4-10)17(2)14(18)7-13-16-11(8-15)9-19-13/h3-6,9H,7-8H2,1-2H3. The van der Waals surface area contributed by atoms with Crippen molar-refractivity contribution in [1.29, 1.82) is 0 Å². The molecule has 1 aromatic carbocycles. The van der Waals surface area contributed by atoms with Crippen LogP contribution in [0.1, 0.15) is 16.3 Å². The highest BCUT2D eigenvalue weighted by atomic mass is 35.5. The maximum Gasteiger partial charge on any atom is 0.233 e. The molecule has 2 aromatic rings. The van der Waals surface area contributed by atoms with Gasteiger partial charge in [-0.25, -0.2) is 4.98 Å². The van der Waals surface area contributed by atoms with Gasteiger partial charge in [-0.15, -0.1) is 22.9 Å². The first kappa shape index (κ1) is 14.0.